The zero-order valence-electron chi connectivity index (χ0n) is 9.63. The number of rotatable bonds is 3. The molecule has 3 N–H and O–H groups in total. The Morgan fingerprint density at radius 1 is 1.35 bits per heavy atom. The topological polar surface area (TPSA) is 59.1 Å². The summed E-state index contributed by atoms with van der Waals surface area (Å²) in [4.78, 5) is 4.32. The number of fused-ring (bicyclic) bond motifs is 1. The molecule has 0 saturated heterocycles. The van der Waals surface area contributed by atoms with Gasteiger partial charge in [-0.15, -0.1) is 0 Å². The monoisotopic (exact) mass is 228 g/mol. The molecule has 3 nitrogen and oxygen atoms in total. The van der Waals surface area contributed by atoms with E-state index < -0.39 is 5.60 Å². The van der Waals surface area contributed by atoms with Crippen LogP contribution in [0.25, 0.3) is 10.9 Å². The van der Waals surface area contributed by atoms with Crippen LogP contribution in [0, 0.1) is 5.92 Å². The second-order valence-corrected chi connectivity index (χ2v) is 4.81. The molecule has 1 aliphatic carbocycles. The summed E-state index contributed by atoms with van der Waals surface area (Å²) in [5.41, 5.74) is 6.70. The van der Waals surface area contributed by atoms with Crippen LogP contribution in [0.15, 0.2) is 36.5 Å². The first-order chi connectivity index (χ1) is 8.24. The Morgan fingerprint density at radius 3 is 2.88 bits per heavy atom. The fraction of sp³-hybridized carbons (Fsp3) is 0.357. The van der Waals surface area contributed by atoms with E-state index in [4.69, 9.17) is 5.73 Å². The molecule has 88 valence electrons. The van der Waals surface area contributed by atoms with E-state index in [1.807, 2.05) is 30.3 Å². The molecule has 1 atom stereocenters. The third-order valence-electron chi connectivity index (χ3n) is 3.67. The zero-order valence-corrected chi connectivity index (χ0v) is 9.63. The van der Waals surface area contributed by atoms with Gasteiger partial charge in [-0.1, -0.05) is 18.2 Å². The summed E-state index contributed by atoms with van der Waals surface area (Å²) in [6.45, 7) is 0.274. The molecular formula is C14H16N2O. The maximum absolute atomic E-state index is 10.6. The largest absolute Gasteiger partial charge is 0.384 e. The molecule has 0 spiro atoms. The van der Waals surface area contributed by atoms with Gasteiger partial charge in [-0.05, 0) is 36.5 Å². The molecule has 1 saturated carbocycles. The number of aromatic nitrogens is 1. The summed E-state index contributed by atoms with van der Waals surface area (Å²) in [5.74, 6) is 0.314. The van der Waals surface area contributed by atoms with Gasteiger partial charge < -0.3 is 10.8 Å². The highest BCUT2D eigenvalue weighted by Gasteiger charge is 2.44. The fourth-order valence-electron chi connectivity index (χ4n) is 2.42. The van der Waals surface area contributed by atoms with Gasteiger partial charge in [-0.2, -0.15) is 0 Å². The van der Waals surface area contributed by atoms with Crippen LogP contribution in [0.3, 0.4) is 0 Å². The van der Waals surface area contributed by atoms with Crippen molar-refractivity contribution in [1.82, 2.24) is 4.98 Å². The lowest BCUT2D eigenvalue weighted by atomic mass is 9.88. The average molecular weight is 228 g/mol. The Labute approximate surface area is 100 Å². The maximum Gasteiger partial charge on any atom is 0.105 e. The molecule has 0 radical (unpaired) electrons. The van der Waals surface area contributed by atoms with Crippen LogP contribution in [-0.4, -0.2) is 16.6 Å². The molecule has 0 aliphatic heterocycles. The lowest BCUT2D eigenvalue weighted by Gasteiger charge is -2.27. The van der Waals surface area contributed by atoms with Crippen LogP contribution in [-0.2, 0) is 5.60 Å². The van der Waals surface area contributed by atoms with Gasteiger partial charge in [0.25, 0.3) is 0 Å². The average Bonchev–Trinajstić information content (AvgIpc) is 3.22. The van der Waals surface area contributed by atoms with Gasteiger partial charge in [0.15, 0.2) is 0 Å². The van der Waals surface area contributed by atoms with Gasteiger partial charge in [-0.3, -0.25) is 4.98 Å². The Morgan fingerprint density at radius 2 is 2.18 bits per heavy atom. The summed E-state index contributed by atoms with van der Waals surface area (Å²) in [6.07, 6.45) is 3.90. The summed E-state index contributed by atoms with van der Waals surface area (Å²) < 4.78 is 0. The third-order valence-corrected chi connectivity index (χ3v) is 3.67. The maximum atomic E-state index is 10.6. The molecule has 1 unspecified atom stereocenters. The van der Waals surface area contributed by atoms with Crippen molar-refractivity contribution >= 4 is 10.9 Å². The van der Waals surface area contributed by atoms with Crippen LogP contribution >= 0.6 is 0 Å². The van der Waals surface area contributed by atoms with Gasteiger partial charge in [0, 0.05) is 18.1 Å². The van der Waals surface area contributed by atoms with Gasteiger partial charge in [-0.25, -0.2) is 0 Å². The third kappa shape index (κ3) is 1.72. The van der Waals surface area contributed by atoms with Gasteiger partial charge in [0.2, 0.25) is 0 Å². The Balaban J connectivity index is 2.10. The van der Waals surface area contributed by atoms with Crippen LogP contribution in [0.4, 0.5) is 0 Å². The second-order valence-electron chi connectivity index (χ2n) is 4.81. The number of pyridine rings is 1. The van der Waals surface area contributed by atoms with Crippen LogP contribution in [0.1, 0.15) is 18.4 Å². The van der Waals surface area contributed by atoms with Gasteiger partial charge in [0.05, 0.1) is 5.52 Å². The molecule has 2 aromatic rings. The molecule has 0 amide bonds. The van der Waals surface area contributed by atoms with Crippen LogP contribution in [0.5, 0.6) is 0 Å². The number of benzene rings is 1. The first kappa shape index (κ1) is 10.7. The Hall–Kier alpha value is -1.45. The van der Waals surface area contributed by atoms with Crippen LogP contribution in [0.2, 0.25) is 0 Å². The van der Waals surface area contributed by atoms with Crippen molar-refractivity contribution < 1.29 is 5.11 Å². The van der Waals surface area contributed by atoms with E-state index in [0.717, 1.165) is 29.3 Å². The number of nitrogens with two attached hydrogens (primary N) is 1. The van der Waals surface area contributed by atoms with E-state index in [2.05, 4.69) is 4.98 Å². The van der Waals surface area contributed by atoms with Crippen molar-refractivity contribution in [3.05, 3.63) is 42.1 Å². The van der Waals surface area contributed by atoms with Crippen LogP contribution < -0.4 is 5.73 Å². The van der Waals surface area contributed by atoms with E-state index in [1.54, 1.807) is 6.20 Å². The van der Waals surface area contributed by atoms with Gasteiger partial charge >= 0.3 is 0 Å². The molecule has 1 aromatic carbocycles. The number of hydrogen-bond donors (Lipinski definition) is 2. The minimum Gasteiger partial charge on any atom is -0.384 e. The standard InChI is InChI=1S/C14H16N2O/c15-9-14(17,11-5-6-11)12-4-3-10-2-1-7-16-13(10)8-12/h1-4,7-8,11,17H,5-6,9,15H2. The van der Waals surface area contributed by atoms with Gasteiger partial charge in [0.1, 0.15) is 5.60 Å². The Kier molecular flexibility index (Phi) is 2.38. The van der Waals surface area contributed by atoms with Crippen molar-refractivity contribution in [1.29, 1.82) is 0 Å². The minimum absolute atomic E-state index is 0.274. The minimum atomic E-state index is -0.869. The molecule has 1 aromatic heterocycles. The highest BCUT2D eigenvalue weighted by molar-refractivity contribution is 5.79. The smallest absolute Gasteiger partial charge is 0.105 e. The van der Waals surface area contributed by atoms with Crippen molar-refractivity contribution in [2.24, 2.45) is 11.7 Å². The predicted octanol–water partition coefficient (Wildman–Crippen LogP) is 1.79. The molecule has 3 rings (SSSR count). The molecule has 1 heterocycles. The van der Waals surface area contributed by atoms with E-state index in [9.17, 15) is 5.11 Å². The van der Waals surface area contributed by atoms with Crippen molar-refractivity contribution in [2.75, 3.05) is 6.54 Å². The van der Waals surface area contributed by atoms with Crippen molar-refractivity contribution in [3.63, 3.8) is 0 Å². The molecule has 0 bridgehead atoms. The number of aliphatic hydroxyl groups is 1. The molecule has 17 heavy (non-hydrogen) atoms. The SMILES string of the molecule is NCC(O)(c1ccc2cccnc2c1)C1CC1. The first-order valence-electron chi connectivity index (χ1n) is 6.02. The van der Waals surface area contributed by atoms with E-state index in [0.29, 0.717) is 5.92 Å². The zero-order chi connectivity index (χ0) is 11.9. The van der Waals surface area contributed by atoms with Crippen molar-refractivity contribution in [2.45, 2.75) is 18.4 Å². The van der Waals surface area contributed by atoms with E-state index in [-0.39, 0.29) is 6.54 Å². The second kappa shape index (κ2) is 3.79. The highest BCUT2D eigenvalue weighted by Crippen LogP contribution is 2.45. The van der Waals surface area contributed by atoms with E-state index in [1.165, 1.54) is 0 Å². The summed E-state index contributed by atoms with van der Waals surface area (Å²) in [7, 11) is 0. The molecule has 1 fully saturated rings. The number of hydrogen-bond acceptors (Lipinski definition) is 3. The summed E-state index contributed by atoms with van der Waals surface area (Å²) in [6, 6.07) is 9.86. The molecule has 1 aliphatic rings. The summed E-state index contributed by atoms with van der Waals surface area (Å²) in [5, 5.41) is 11.7. The highest BCUT2D eigenvalue weighted by atomic mass is 16.3. The normalized spacial score (nSPS) is 19.2. The van der Waals surface area contributed by atoms with Crippen molar-refractivity contribution in [3.8, 4) is 0 Å². The predicted molar refractivity (Wildman–Crippen MR) is 67.4 cm³/mol. The Bertz CT molecular complexity index is 551. The summed E-state index contributed by atoms with van der Waals surface area (Å²) >= 11 is 0. The molecule has 3 heteroatoms. The number of nitrogens with zero attached hydrogens (tertiary/aromatic N) is 1. The lowest BCUT2D eigenvalue weighted by molar-refractivity contribution is 0.0223. The lowest BCUT2D eigenvalue weighted by Crippen LogP contribution is -2.37. The quantitative estimate of drug-likeness (QED) is 0.842. The first-order valence-corrected chi connectivity index (χ1v) is 6.02. The molecular weight excluding hydrogens is 212 g/mol. The fourth-order valence-corrected chi connectivity index (χ4v) is 2.42. The van der Waals surface area contributed by atoms with E-state index >= 15 is 0 Å².